The van der Waals surface area contributed by atoms with Crippen molar-refractivity contribution in [3.05, 3.63) is 23.9 Å². The lowest BCUT2D eigenvalue weighted by Crippen LogP contribution is -2.30. The summed E-state index contributed by atoms with van der Waals surface area (Å²) in [5.41, 5.74) is 11.7. The lowest BCUT2D eigenvalue weighted by molar-refractivity contribution is 0.706. The molecular weight excluding hydrogens is 148 g/mol. The molecule has 0 aromatic heterocycles. The predicted octanol–water partition coefficient (Wildman–Crippen LogP) is 0.725. The Bertz CT molecular complexity index is 186. The molecule has 0 radical (unpaired) electrons. The van der Waals surface area contributed by atoms with E-state index in [1.54, 1.807) is 6.08 Å². The second-order valence-corrected chi connectivity index (χ2v) is 3.23. The first-order valence-corrected chi connectivity index (χ1v) is 3.58. The molecule has 0 amide bonds. The Kier molecular flexibility index (Phi) is 2.02. The molecule has 0 aromatic rings. The van der Waals surface area contributed by atoms with Gasteiger partial charge in [0.15, 0.2) is 0 Å². The van der Waals surface area contributed by atoms with Gasteiger partial charge in [-0.05, 0) is 12.5 Å². The van der Waals surface area contributed by atoms with Gasteiger partial charge in [0.1, 0.15) is 0 Å². The SMILES string of the molecule is NCC1(Cl)C=CC(N)=CC1. The van der Waals surface area contributed by atoms with Gasteiger partial charge < -0.3 is 11.5 Å². The Labute approximate surface area is 65.5 Å². The highest BCUT2D eigenvalue weighted by molar-refractivity contribution is 6.25. The van der Waals surface area contributed by atoms with Gasteiger partial charge in [-0.15, -0.1) is 11.6 Å². The third kappa shape index (κ3) is 1.52. The lowest BCUT2D eigenvalue weighted by Gasteiger charge is -2.22. The van der Waals surface area contributed by atoms with Crippen LogP contribution in [0.1, 0.15) is 6.42 Å². The minimum absolute atomic E-state index is 0.386. The quantitative estimate of drug-likeness (QED) is 0.553. The average molecular weight is 159 g/mol. The molecule has 0 bridgehead atoms. The molecule has 3 heteroatoms. The van der Waals surface area contributed by atoms with Gasteiger partial charge >= 0.3 is 0 Å². The van der Waals surface area contributed by atoms with Crippen LogP contribution in [0.25, 0.3) is 0 Å². The number of nitrogens with two attached hydrogens (primary N) is 2. The zero-order valence-corrected chi connectivity index (χ0v) is 6.43. The third-order valence-corrected chi connectivity index (χ3v) is 2.03. The highest BCUT2D eigenvalue weighted by Crippen LogP contribution is 2.24. The fourth-order valence-corrected chi connectivity index (χ4v) is 0.961. The number of rotatable bonds is 1. The largest absolute Gasteiger partial charge is 0.399 e. The first kappa shape index (κ1) is 7.63. The average Bonchev–Trinajstić information content (AvgIpc) is 1.96. The molecule has 1 aliphatic carbocycles. The molecule has 4 N–H and O–H groups in total. The molecule has 2 nitrogen and oxygen atoms in total. The van der Waals surface area contributed by atoms with E-state index in [9.17, 15) is 0 Å². The van der Waals surface area contributed by atoms with E-state index in [0.29, 0.717) is 6.54 Å². The molecule has 10 heavy (non-hydrogen) atoms. The number of halogens is 1. The standard InChI is InChI=1S/C7H11ClN2/c8-7(5-9)3-1-6(10)2-4-7/h1-3H,4-5,9-10H2. The maximum Gasteiger partial charge on any atom is 0.0786 e. The normalized spacial score (nSPS) is 32.0. The molecule has 0 aromatic carbocycles. The molecule has 0 spiro atoms. The zero-order valence-electron chi connectivity index (χ0n) is 5.68. The van der Waals surface area contributed by atoms with E-state index >= 15 is 0 Å². The van der Waals surface area contributed by atoms with Gasteiger partial charge in [-0.25, -0.2) is 0 Å². The Morgan fingerprint density at radius 2 is 2.40 bits per heavy atom. The summed E-state index contributed by atoms with van der Waals surface area (Å²) in [6, 6.07) is 0. The van der Waals surface area contributed by atoms with Gasteiger partial charge in [0.05, 0.1) is 4.87 Å². The van der Waals surface area contributed by atoms with E-state index in [-0.39, 0.29) is 4.87 Å². The Hall–Kier alpha value is -0.470. The van der Waals surface area contributed by atoms with Crippen LogP contribution in [0.5, 0.6) is 0 Å². The first-order chi connectivity index (χ1) is 4.66. The van der Waals surface area contributed by atoms with Gasteiger partial charge in [0.25, 0.3) is 0 Å². The molecule has 1 atom stereocenters. The summed E-state index contributed by atoms with van der Waals surface area (Å²) in [5, 5.41) is 0. The summed E-state index contributed by atoms with van der Waals surface area (Å²) in [7, 11) is 0. The Morgan fingerprint density at radius 1 is 1.70 bits per heavy atom. The van der Waals surface area contributed by atoms with Crippen molar-refractivity contribution >= 4 is 11.6 Å². The van der Waals surface area contributed by atoms with Crippen LogP contribution >= 0.6 is 11.6 Å². The topological polar surface area (TPSA) is 52.0 Å². The number of hydrogen-bond acceptors (Lipinski definition) is 2. The van der Waals surface area contributed by atoms with Crippen molar-refractivity contribution in [1.29, 1.82) is 0 Å². The van der Waals surface area contributed by atoms with Gasteiger partial charge in [0, 0.05) is 12.2 Å². The van der Waals surface area contributed by atoms with Gasteiger partial charge in [-0.3, -0.25) is 0 Å². The summed E-state index contributed by atoms with van der Waals surface area (Å²) < 4.78 is 0. The molecule has 56 valence electrons. The number of allylic oxidation sites excluding steroid dienone is 2. The van der Waals surface area contributed by atoms with Crippen molar-refractivity contribution < 1.29 is 0 Å². The lowest BCUT2D eigenvalue weighted by atomic mass is 9.99. The number of hydrogen-bond donors (Lipinski definition) is 2. The molecule has 0 fully saturated rings. The van der Waals surface area contributed by atoms with Crippen LogP contribution in [0.4, 0.5) is 0 Å². The minimum Gasteiger partial charge on any atom is -0.399 e. The van der Waals surface area contributed by atoms with E-state index in [2.05, 4.69) is 0 Å². The van der Waals surface area contributed by atoms with Crippen LogP contribution in [0, 0.1) is 0 Å². The highest BCUT2D eigenvalue weighted by Gasteiger charge is 2.22. The molecule has 0 heterocycles. The summed E-state index contributed by atoms with van der Waals surface area (Å²) in [6.45, 7) is 0.453. The van der Waals surface area contributed by atoms with Crippen molar-refractivity contribution in [2.45, 2.75) is 11.3 Å². The van der Waals surface area contributed by atoms with E-state index in [1.807, 2.05) is 12.2 Å². The van der Waals surface area contributed by atoms with Crippen molar-refractivity contribution in [2.24, 2.45) is 11.5 Å². The van der Waals surface area contributed by atoms with Gasteiger partial charge in [-0.1, -0.05) is 12.2 Å². The fourth-order valence-electron chi connectivity index (χ4n) is 0.821. The second-order valence-electron chi connectivity index (χ2n) is 2.48. The van der Waals surface area contributed by atoms with Crippen LogP contribution in [-0.4, -0.2) is 11.4 Å². The Morgan fingerprint density at radius 3 is 2.80 bits per heavy atom. The maximum absolute atomic E-state index is 6.01. The number of alkyl halides is 1. The van der Waals surface area contributed by atoms with E-state index in [0.717, 1.165) is 12.1 Å². The van der Waals surface area contributed by atoms with Crippen LogP contribution in [-0.2, 0) is 0 Å². The van der Waals surface area contributed by atoms with Gasteiger partial charge in [-0.2, -0.15) is 0 Å². The Balaban J connectivity index is 2.67. The highest BCUT2D eigenvalue weighted by atomic mass is 35.5. The van der Waals surface area contributed by atoms with Crippen LogP contribution in [0.3, 0.4) is 0 Å². The fraction of sp³-hybridized carbons (Fsp3) is 0.429. The summed E-state index contributed by atoms with van der Waals surface area (Å²) >= 11 is 6.01. The van der Waals surface area contributed by atoms with E-state index in [4.69, 9.17) is 23.1 Å². The minimum atomic E-state index is -0.386. The molecule has 0 saturated heterocycles. The molecule has 1 aliphatic rings. The van der Waals surface area contributed by atoms with Gasteiger partial charge in [0.2, 0.25) is 0 Å². The van der Waals surface area contributed by atoms with Crippen molar-refractivity contribution in [3.63, 3.8) is 0 Å². The molecule has 0 aliphatic heterocycles. The van der Waals surface area contributed by atoms with Crippen LogP contribution in [0.15, 0.2) is 23.9 Å². The summed E-state index contributed by atoms with van der Waals surface area (Å²) in [5.74, 6) is 0. The third-order valence-electron chi connectivity index (χ3n) is 1.59. The predicted molar refractivity (Wildman–Crippen MR) is 43.7 cm³/mol. The van der Waals surface area contributed by atoms with Crippen LogP contribution < -0.4 is 11.5 Å². The van der Waals surface area contributed by atoms with Crippen molar-refractivity contribution in [1.82, 2.24) is 0 Å². The van der Waals surface area contributed by atoms with Crippen molar-refractivity contribution in [2.75, 3.05) is 6.54 Å². The smallest absolute Gasteiger partial charge is 0.0786 e. The summed E-state index contributed by atoms with van der Waals surface area (Å²) in [6.07, 6.45) is 6.26. The maximum atomic E-state index is 6.01. The van der Waals surface area contributed by atoms with E-state index < -0.39 is 0 Å². The van der Waals surface area contributed by atoms with E-state index in [1.165, 1.54) is 0 Å². The second kappa shape index (κ2) is 2.64. The first-order valence-electron chi connectivity index (χ1n) is 3.20. The van der Waals surface area contributed by atoms with Crippen LogP contribution in [0.2, 0.25) is 0 Å². The summed E-state index contributed by atoms with van der Waals surface area (Å²) in [4.78, 5) is -0.386. The molecule has 1 rings (SSSR count). The molecule has 1 unspecified atom stereocenters. The zero-order chi connectivity index (χ0) is 7.61. The molecule has 0 saturated carbocycles. The van der Waals surface area contributed by atoms with Crippen molar-refractivity contribution in [3.8, 4) is 0 Å². The molecular formula is C7H11ClN2. The monoisotopic (exact) mass is 158 g/mol.